The summed E-state index contributed by atoms with van der Waals surface area (Å²) >= 11 is 0. The maximum Gasteiger partial charge on any atom is 0.143 e. The van der Waals surface area contributed by atoms with E-state index in [9.17, 15) is 0 Å². The van der Waals surface area contributed by atoms with Crippen molar-refractivity contribution in [3.05, 3.63) is 246 Å². The minimum atomic E-state index is -0.469. The predicted molar refractivity (Wildman–Crippen MR) is 265 cm³/mol. The van der Waals surface area contributed by atoms with Gasteiger partial charge in [0.2, 0.25) is 0 Å². The molecular weight excluding hydrogens is 775 g/mol. The van der Waals surface area contributed by atoms with Gasteiger partial charge < -0.3 is 9.32 Å². The lowest BCUT2D eigenvalue weighted by Gasteiger charge is -2.32. The van der Waals surface area contributed by atoms with Gasteiger partial charge in [-0.2, -0.15) is 0 Å². The van der Waals surface area contributed by atoms with E-state index in [-0.39, 0.29) is 5.41 Å². The van der Waals surface area contributed by atoms with Gasteiger partial charge in [0, 0.05) is 44.2 Å². The van der Waals surface area contributed by atoms with E-state index in [1.54, 1.807) is 0 Å². The Balaban J connectivity index is 1.08. The highest BCUT2D eigenvalue weighted by atomic mass is 16.3. The average Bonchev–Trinajstić information content (AvgIpc) is 4.04. The minimum absolute atomic E-state index is 0.171. The predicted octanol–water partition coefficient (Wildman–Crippen LogP) is 16.5. The highest BCUT2D eigenvalue weighted by molar-refractivity contribution is 6.18. The minimum Gasteiger partial charge on any atom is -0.455 e. The zero-order valence-electron chi connectivity index (χ0n) is 35.6. The van der Waals surface area contributed by atoms with Crippen LogP contribution in [0.2, 0.25) is 0 Å². The second-order valence-electron chi connectivity index (χ2n) is 18.4. The summed E-state index contributed by atoms with van der Waals surface area (Å²) in [5.41, 5.74) is 22.5. The molecule has 0 amide bonds. The zero-order chi connectivity index (χ0) is 42.3. The van der Waals surface area contributed by atoms with Gasteiger partial charge in [-0.25, -0.2) is 0 Å². The van der Waals surface area contributed by atoms with Crippen molar-refractivity contribution in [3.8, 4) is 44.5 Å². The van der Waals surface area contributed by atoms with Crippen LogP contribution in [-0.2, 0) is 10.8 Å². The van der Waals surface area contributed by atoms with Crippen molar-refractivity contribution in [3.63, 3.8) is 0 Å². The number of hydrogen-bond donors (Lipinski definition) is 0. The SMILES string of the molecule is CC1(C)c2ccccc2-c2ccc(N(c3ccc4c(c3)C3(c5ccccc5-c5ccccc53)c3ccccc3-4)c3cc(-c4ccccc4)c4oc5c6ccccc6ccc5c4c3)cc21. The van der Waals surface area contributed by atoms with Crippen LogP contribution in [-0.4, -0.2) is 0 Å². The molecule has 0 fully saturated rings. The highest BCUT2D eigenvalue weighted by Crippen LogP contribution is 2.63. The molecule has 11 aromatic rings. The van der Waals surface area contributed by atoms with E-state index in [1.807, 2.05) is 0 Å². The molecule has 0 atom stereocenters. The Morgan fingerprint density at radius 1 is 0.328 bits per heavy atom. The third kappa shape index (κ3) is 4.59. The number of rotatable bonds is 4. The molecule has 14 rings (SSSR count). The quantitative estimate of drug-likeness (QED) is 0.176. The number of fused-ring (bicyclic) bond motifs is 18. The van der Waals surface area contributed by atoms with E-state index in [4.69, 9.17) is 4.42 Å². The molecule has 2 nitrogen and oxygen atoms in total. The Morgan fingerprint density at radius 3 is 1.50 bits per heavy atom. The summed E-state index contributed by atoms with van der Waals surface area (Å²) < 4.78 is 7.03. The van der Waals surface area contributed by atoms with E-state index in [0.717, 1.165) is 55.5 Å². The average molecular weight is 816 g/mol. The van der Waals surface area contributed by atoms with Gasteiger partial charge in [0.15, 0.2) is 0 Å². The van der Waals surface area contributed by atoms with Crippen molar-refractivity contribution in [2.45, 2.75) is 24.7 Å². The summed E-state index contributed by atoms with van der Waals surface area (Å²) in [5, 5.41) is 4.50. The van der Waals surface area contributed by atoms with E-state index >= 15 is 0 Å². The summed E-state index contributed by atoms with van der Waals surface area (Å²) in [6.45, 7) is 4.75. The van der Waals surface area contributed by atoms with Crippen LogP contribution in [0.5, 0.6) is 0 Å². The van der Waals surface area contributed by atoms with Crippen molar-refractivity contribution in [2.24, 2.45) is 0 Å². The third-order valence-corrected chi connectivity index (χ3v) is 14.9. The molecule has 0 aliphatic heterocycles. The van der Waals surface area contributed by atoms with Gasteiger partial charge in [-0.3, -0.25) is 0 Å². The Hall–Kier alpha value is -7.94. The first-order chi connectivity index (χ1) is 31.5. The largest absolute Gasteiger partial charge is 0.455 e. The van der Waals surface area contributed by atoms with Gasteiger partial charge in [0.05, 0.1) is 5.41 Å². The molecule has 1 heterocycles. The second kappa shape index (κ2) is 12.8. The fourth-order valence-electron chi connectivity index (χ4n) is 12.1. The van der Waals surface area contributed by atoms with Crippen LogP contribution in [0.3, 0.4) is 0 Å². The molecule has 0 radical (unpaired) electrons. The van der Waals surface area contributed by atoms with E-state index in [2.05, 4.69) is 231 Å². The van der Waals surface area contributed by atoms with Gasteiger partial charge in [0.25, 0.3) is 0 Å². The molecular formula is C62H41NO. The fourth-order valence-corrected chi connectivity index (χ4v) is 12.1. The van der Waals surface area contributed by atoms with Crippen molar-refractivity contribution in [1.82, 2.24) is 0 Å². The lowest BCUT2D eigenvalue weighted by Crippen LogP contribution is -2.26. The summed E-state index contributed by atoms with van der Waals surface area (Å²) in [5.74, 6) is 0. The normalized spacial score (nSPS) is 14.3. The molecule has 1 spiro atoms. The first kappa shape index (κ1) is 35.6. The van der Waals surface area contributed by atoms with Gasteiger partial charge in [0.1, 0.15) is 11.2 Å². The van der Waals surface area contributed by atoms with Crippen LogP contribution in [0, 0.1) is 0 Å². The molecule has 10 aromatic carbocycles. The zero-order valence-corrected chi connectivity index (χ0v) is 35.6. The smallest absolute Gasteiger partial charge is 0.143 e. The first-order valence-corrected chi connectivity index (χ1v) is 22.4. The number of furan rings is 1. The standard InChI is InChI=1S/C62H41NO/c1-61(2)53-24-12-8-20-44(53)48-32-29-40(36-57(48)61)63(42-34-51(38-16-4-3-5-17-38)60-52(35-42)50-31-28-39-18-6-7-19-43(39)59(50)64-60)41-30-33-49-47-23-11-15-27-56(47)62(58(49)37-41)54-25-13-9-21-45(54)46-22-10-14-26-55(46)62/h3-37H,1-2H3. The lowest BCUT2D eigenvalue weighted by molar-refractivity contribution is 0.660. The highest BCUT2D eigenvalue weighted by Gasteiger charge is 2.51. The Bertz CT molecular complexity index is 3710. The summed E-state index contributed by atoms with van der Waals surface area (Å²) in [6, 6.07) is 79.0. The molecule has 0 bridgehead atoms. The van der Waals surface area contributed by atoms with Crippen molar-refractivity contribution in [2.75, 3.05) is 4.90 Å². The molecule has 1 aromatic heterocycles. The van der Waals surface area contributed by atoms with Crippen molar-refractivity contribution in [1.29, 1.82) is 0 Å². The summed E-state index contributed by atoms with van der Waals surface area (Å²) in [7, 11) is 0. The van der Waals surface area contributed by atoms with Gasteiger partial charge in [-0.15, -0.1) is 0 Å². The number of anilines is 3. The van der Waals surface area contributed by atoms with Crippen LogP contribution in [0.4, 0.5) is 17.1 Å². The number of benzene rings is 10. The molecule has 3 aliphatic carbocycles. The first-order valence-electron chi connectivity index (χ1n) is 22.4. The molecule has 3 aliphatic rings. The Morgan fingerprint density at radius 2 is 0.844 bits per heavy atom. The Labute approximate surface area is 372 Å². The van der Waals surface area contributed by atoms with Gasteiger partial charge in [-0.05, 0) is 120 Å². The summed E-state index contributed by atoms with van der Waals surface area (Å²) in [6.07, 6.45) is 0. The molecule has 2 heteroatoms. The van der Waals surface area contributed by atoms with Crippen LogP contribution < -0.4 is 4.90 Å². The van der Waals surface area contributed by atoms with Crippen molar-refractivity contribution >= 4 is 49.8 Å². The second-order valence-corrected chi connectivity index (χ2v) is 18.4. The monoisotopic (exact) mass is 815 g/mol. The maximum atomic E-state index is 7.03. The van der Waals surface area contributed by atoms with Gasteiger partial charge in [-0.1, -0.05) is 184 Å². The van der Waals surface area contributed by atoms with E-state index in [1.165, 1.54) is 72.1 Å². The van der Waals surface area contributed by atoms with Crippen LogP contribution >= 0.6 is 0 Å². The van der Waals surface area contributed by atoms with Gasteiger partial charge >= 0.3 is 0 Å². The molecule has 300 valence electrons. The molecule has 0 saturated carbocycles. The van der Waals surface area contributed by atoms with Crippen molar-refractivity contribution < 1.29 is 4.42 Å². The topological polar surface area (TPSA) is 16.4 Å². The van der Waals surface area contributed by atoms with Crippen LogP contribution in [0.1, 0.15) is 47.2 Å². The van der Waals surface area contributed by atoms with E-state index < -0.39 is 5.41 Å². The van der Waals surface area contributed by atoms with Crippen LogP contribution in [0.15, 0.2) is 217 Å². The number of hydrogen-bond acceptors (Lipinski definition) is 2. The molecule has 0 saturated heterocycles. The maximum absolute atomic E-state index is 7.03. The van der Waals surface area contributed by atoms with Crippen LogP contribution in [0.25, 0.3) is 77.2 Å². The third-order valence-electron chi connectivity index (χ3n) is 14.9. The fraction of sp³-hybridized carbons (Fsp3) is 0.0645. The Kier molecular flexibility index (Phi) is 7.13. The molecule has 64 heavy (non-hydrogen) atoms. The molecule has 0 unspecified atom stereocenters. The summed E-state index contributed by atoms with van der Waals surface area (Å²) in [4.78, 5) is 2.51. The molecule has 0 N–H and O–H groups in total. The van der Waals surface area contributed by atoms with E-state index in [0.29, 0.717) is 0 Å². The lowest BCUT2D eigenvalue weighted by atomic mass is 9.70. The number of nitrogens with zero attached hydrogens (tertiary/aromatic N) is 1.